The third-order valence-corrected chi connectivity index (χ3v) is 3.32. The van der Waals surface area contributed by atoms with Crippen molar-refractivity contribution in [2.45, 2.75) is 6.54 Å². The average molecular weight is 314 g/mol. The maximum atomic E-state index is 4.58. The Labute approximate surface area is 120 Å². The van der Waals surface area contributed by atoms with Crippen molar-refractivity contribution in [2.75, 3.05) is 0 Å². The Hall–Kier alpha value is -1.94. The molecule has 0 spiro atoms. The first kappa shape index (κ1) is 12.1. The summed E-state index contributed by atoms with van der Waals surface area (Å²) in [5.41, 5.74) is 3.23. The summed E-state index contributed by atoms with van der Waals surface area (Å²) in [6, 6.07) is 14.2. The smallest absolute Gasteiger partial charge is 0.0923 e. The molecule has 0 bridgehead atoms. The van der Waals surface area contributed by atoms with Crippen molar-refractivity contribution < 1.29 is 0 Å². The Morgan fingerprint density at radius 2 is 2.05 bits per heavy atom. The normalized spacial score (nSPS) is 10.6. The lowest BCUT2D eigenvalue weighted by Crippen LogP contribution is -2.00. The second-order valence-electron chi connectivity index (χ2n) is 4.27. The first-order chi connectivity index (χ1) is 9.31. The summed E-state index contributed by atoms with van der Waals surface area (Å²) in [6.45, 7) is 0.738. The van der Waals surface area contributed by atoms with Crippen LogP contribution in [0.1, 0.15) is 5.56 Å². The molecule has 94 valence electrons. The van der Waals surface area contributed by atoms with E-state index in [1.807, 2.05) is 47.4 Å². The van der Waals surface area contributed by atoms with Gasteiger partial charge in [0.15, 0.2) is 0 Å². The van der Waals surface area contributed by atoms with Crippen molar-refractivity contribution in [3.8, 4) is 11.3 Å². The van der Waals surface area contributed by atoms with E-state index in [2.05, 4.69) is 38.1 Å². The molecule has 0 aliphatic heterocycles. The molecular formula is C15H12BrN3. The molecule has 0 aliphatic carbocycles. The molecule has 0 saturated carbocycles. The Kier molecular flexibility index (Phi) is 3.42. The average Bonchev–Trinajstić information content (AvgIpc) is 2.88. The van der Waals surface area contributed by atoms with Crippen molar-refractivity contribution >= 4 is 15.9 Å². The maximum absolute atomic E-state index is 4.58. The van der Waals surface area contributed by atoms with Gasteiger partial charge in [0, 0.05) is 28.6 Å². The Morgan fingerprint density at radius 1 is 1.11 bits per heavy atom. The molecule has 3 aromatic rings. The van der Waals surface area contributed by atoms with E-state index in [1.165, 1.54) is 0 Å². The molecule has 0 aliphatic rings. The Morgan fingerprint density at radius 3 is 2.84 bits per heavy atom. The van der Waals surface area contributed by atoms with Crippen molar-refractivity contribution in [1.29, 1.82) is 0 Å². The lowest BCUT2D eigenvalue weighted by molar-refractivity contribution is 0.687. The van der Waals surface area contributed by atoms with Gasteiger partial charge < -0.3 is 0 Å². The van der Waals surface area contributed by atoms with Gasteiger partial charge in [-0.2, -0.15) is 5.10 Å². The first-order valence-electron chi connectivity index (χ1n) is 5.99. The van der Waals surface area contributed by atoms with Crippen LogP contribution in [-0.4, -0.2) is 14.8 Å². The fourth-order valence-corrected chi connectivity index (χ4v) is 2.33. The van der Waals surface area contributed by atoms with Crippen LogP contribution < -0.4 is 0 Å². The summed E-state index contributed by atoms with van der Waals surface area (Å²) in [4.78, 5) is 4.11. The molecule has 2 aromatic heterocycles. The number of halogens is 1. The van der Waals surface area contributed by atoms with Gasteiger partial charge in [0.1, 0.15) is 0 Å². The molecule has 0 amide bonds. The number of aromatic nitrogens is 3. The van der Waals surface area contributed by atoms with Crippen LogP contribution in [0.3, 0.4) is 0 Å². The van der Waals surface area contributed by atoms with Crippen molar-refractivity contribution in [3.05, 3.63) is 71.1 Å². The van der Waals surface area contributed by atoms with Crippen LogP contribution in [0.2, 0.25) is 0 Å². The topological polar surface area (TPSA) is 30.7 Å². The van der Waals surface area contributed by atoms with E-state index in [1.54, 1.807) is 6.20 Å². The van der Waals surface area contributed by atoms with E-state index in [0.717, 1.165) is 27.8 Å². The first-order valence-corrected chi connectivity index (χ1v) is 6.79. The van der Waals surface area contributed by atoms with Crippen molar-refractivity contribution in [3.63, 3.8) is 0 Å². The van der Waals surface area contributed by atoms with E-state index < -0.39 is 0 Å². The van der Waals surface area contributed by atoms with E-state index in [0.29, 0.717) is 0 Å². The lowest BCUT2D eigenvalue weighted by atomic mass is 10.2. The molecular weight excluding hydrogens is 302 g/mol. The molecule has 0 fully saturated rings. The van der Waals surface area contributed by atoms with Crippen LogP contribution in [0.5, 0.6) is 0 Å². The molecule has 3 rings (SSSR count). The highest BCUT2D eigenvalue weighted by Crippen LogP contribution is 2.21. The van der Waals surface area contributed by atoms with E-state index in [4.69, 9.17) is 0 Å². The molecule has 0 saturated heterocycles. The number of nitrogens with zero attached hydrogens (tertiary/aromatic N) is 3. The Balaban J connectivity index is 1.84. The predicted octanol–water partition coefficient (Wildman–Crippen LogP) is 3.76. The molecule has 0 atom stereocenters. The van der Waals surface area contributed by atoms with E-state index >= 15 is 0 Å². The fourth-order valence-electron chi connectivity index (χ4n) is 1.93. The zero-order valence-electron chi connectivity index (χ0n) is 10.2. The molecule has 19 heavy (non-hydrogen) atoms. The predicted molar refractivity (Wildman–Crippen MR) is 78.7 cm³/mol. The van der Waals surface area contributed by atoms with Crippen molar-refractivity contribution in [1.82, 2.24) is 14.8 Å². The summed E-state index contributed by atoms with van der Waals surface area (Å²) in [6.07, 6.45) is 5.63. The summed E-state index contributed by atoms with van der Waals surface area (Å²) in [5, 5.41) is 4.58. The minimum Gasteiger partial charge on any atom is -0.268 e. The minimum absolute atomic E-state index is 0.738. The highest BCUT2D eigenvalue weighted by atomic mass is 79.9. The number of rotatable bonds is 3. The molecule has 4 heteroatoms. The van der Waals surface area contributed by atoms with Gasteiger partial charge >= 0.3 is 0 Å². The van der Waals surface area contributed by atoms with Crippen LogP contribution in [-0.2, 0) is 6.54 Å². The fraction of sp³-hybridized carbons (Fsp3) is 0.0667. The van der Waals surface area contributed by atoms with Gasteiger partial charge in [-0.05, 0) is 29.8 Å². The van der Waals surface area contributed by atoms with Crippen molar-refractivity contribution in [2.24, 2.45) is 0 Å². The summed E-state index contributed by atoms with van der Waals surface area (Å²) in [7, 11) is 0. The number of benzene rings is 1. The quantitative estimate of drug-likeness (QED) is 0.737. The van der Waals surface area contributed by atoms with Gasteiger partial charge in [-0.25, -0.2) is 0 Å². The standard InChI is InChI=1S/C15H12BrN3/c16-14-5-1-4-13(9-14)15-6-8-19(18-15)11-12-3-2-7-17-10-12/h1-10H,11H2. The largest absolute Gasteiger partial charge is 0.268 e. The monoisotopic (exact) mass is 313 g/mol. The van der Waals surface area contributed by atoms with Crippen LogP contribution in [0.15, 0.2) is 65.5 Å². The van der Waals surface area contributed by atoms with Gasteiger partial charge in [-0.1, -0.05) is 34.1 Å². The van der Waals surface area contributed by atoms with Crippen LogP contribution in [0.25, 0.3) is 11.3 Å². The van der Waals surface area contributed by atoms with Gasteiger partial charge in [-0.3, -0.25) is 9.67 Å². The zero-order chi connectivity index (χ0) is 13.1. The summed E-state index contributed by atoms with van der Waals surface area (Å²) < 4.78 is 2.99. The molecule has 2 heterocycles. The van der Waals surface area contributed by atoms with Gasteiger partial charge in [0.05, 0.1) is 12.2 Å². The molecule has 0 N–H and O–H groups in total. The molecule has 0 radical (unpaired) electrons. The third-order valence-electron chi connectivity index (χ3n) is 2.83. The van der Waals surface area contributed by atoms with Crippen LogP contribution in [0.4, 0.5) is 0 Å². The number of pyridine rings is 1. The second kappa shape index (κ2) is 5.36. The Bertz CT molecular complexity index is 677. The van der Waals surface area contributed by atoms with Crippen LogP contribution in [0, 0.1) is 0 Å². The van der Waals surface area contributed by atoms with Gasteiger partial charge in [0.2, 0.25) is 0 Å². The van der Waals surface area contributed by atoms with Gasteiger partial charge in [-0.15, -0.1) is 0 Å². The highest BCUT2D eigenvalue weighted by molar-refractivity contribution is 9.10. The van der Waals surface area contributed by atoms with E-state index in [-0.39, 0.29) is 0 Å². The lowest BCUT2D eigenvalue weighted by Gasteiger charge is -2.01. The molecule has 1 aromatic carbocycles. The molecule has 0 unspecified atom stereocenters. The maximum Gasteiger partial charge on any atom is 0.0923 e. The minimum atomic E-state index is 0.738. The zero-order valence-corrected chi connectivity index (χ0v) is 11.8. The van der Waals surface area contributed by atoms with E-state index in [9.17, 15) is 0 Å². The summed E-state index contributed by atoms with van der Waals surface area (Å²) >= 11 is 3.48. The second-order valence-corrected chi connectivity index (χ2v) is 5.19. The highest BCUT2D eigenvalue weighted by Gasteiger charge is 2.03. The SMILES string of the molecule is Brc1cccc(-c2ccn(Cc3cccnc3)n2)c1. The molecule has 3 nitrogen and oxygen atoms in total. The van der Waals surface area contributed by atoms with Crippen LogP contribution >= 0.6 is 15.9 Å². The number of hydrogen-bond acceptors (Lipinski definition) is 2. The third kappa shape index (κ3) is 2.90. The summed E-state index contributed by atoms with van der Waals surface area (Å²) in [5.74, 6) is 0. The number of hydrogen-bond donors (Lipinski definition) is 0. The van der Waals surface area contributed by atoms with Gasteiger partial charge in [0.25, 0.3) is 0 Å².